The van der Waals surface area contributed by atoms with Crippen molar-refractivity contribution in [1.29, 1.82) is 5.26 Å². The van der Waals surface area contributed by atoms with E-state index in [0.29, 0.717) is 11.3 Å². The van der Waals surface area contributed by atoms with Crippen molar-refractivity contribution >= 4 is 22.4 Å². The lowest BCUT2D eigenvalue weighted by Gasteiger charge is -2.16. The van der Waals surface area contributed by atoms with Crippen LogP contribution in [0.2, 0.25) is 0 Å². The standard InChI is InChI=1S/C20H16N2O2/c1-14(24-17-9-4-6-15(12-17)13-21)20(23)22-19-11-5-8-16-7-2-3-10-18(16)19/h2-12,14H,1H3,(H,22,23)/t14-/m0/s1. The van der Waals surface area contributed by atoms with E-state index >= 15 is 0 Å². The highest BCUT2D eigenvalue weighted by Crippen LogP contribution is 2.23. The first-order valence-corrected chi connectivity index (χ1v) is 7.63. The van der Waals surface area contributed by atoms with Crippen LogP contribution in [-0.2, 0) is 4.79 Å². The van der Waals surface area contributed by atoms with Crippen molar-refractivity contribution in [3.63, 3.8) is 0 Å². The molecule has 118 valence electrons. The van der Waals surface area contributed by atoms with E-state index in [2.05, 4.69) is 5.32 Å². The fourth-order valence-corrected chi connectivity index (χ4v) is 2.47. The van der Waals surface area contributed by atoms with E-state index in [1.54, 1.807) is 31.2 Å². The first-order valence-electron chi connectivity index (χ1n) is 7.63. The van der Waals surface area contributed by atoms with E-state index in [-0.39, 0.29) is 5.91 Å². The van der Waals surface area contributed by atoms with Crippen LogP contribution in [0.1, 0.15) is 12.5 Å². The number of fused-ring (bicyclic) bond motifs is 1. The highest BCUT2D eigenvalue weighted by molar-refractivity contribution is 6.03. The summed E-state index contributed by atoms with van der Waals surface area (Å²) in [5.41, 5.74) is 1.24. The van der Waals surface area contributed by atoms with E-state index < -0.39 is 6.10 Å². The van der Waals surface area contributed by atoms with Crippen LogP contribution >= 0.6 is 0 Å². The molecule has 1 amide bonds. The summed E-state index contributed by atoms with van der Waals surface area (Å²) in [5.74, 6) is 0.253. The van der Waals surface area contributed by atoms with Crippen LogP contribution in [0.4, 0.5) is 5.69 Å². The second-order valence-corrected chi connectivity index (χ2v) is 5.42. The molecule has 0 spiro atoms. The summed E-state index contributed by atoms with van der Waals surface area (Å²) in [7, 11) is 0. The second kappa shape index (κ2) is 6.84. The Morgan fingerprint density at radius 1 is 1.08 bits per heavy atom. The number of nitrogens with one attached hydrogen (secondary N) is 1. The van der Waals surface area contributed by atoms with Crippen LogP contribution in [-0.4, -0.2) is 12.0 Å². The fourth-order valence-electron chi connectivity index (χ4n) is 2.47. The largest absolute Gasteiger partial charge is 0.481 e. The van der Waals surface area contributed by atoms with Gasteiger partial charge in [-0.2, -0.15) is 5.26 Å². The average molecular weight is 316 g/mol. The lowest BCUT2D eigenvalue weighted by atomic mass is 10.1. The Hall–Kier alpha value is -3.32. The van der Waals surface area contributed by atoms with E-state index in [4.69, 9.17) is 10.00 Å². The Morgan fingerprint density at radius 2 is 1.83 bits per heavy atom. The average Bonchev–Trinajstić information content (AvgIpc) is 2.62. The molecular weight excluding hydrogens is 300 g/mol. The molecule has 0 saturated heterocycles. The minimum absolute atomic E-state index is 0.242. The van der Waals surface area contributed by atoms with Crippen LogP contribution in [0.3, 0.4) is 0 Å². The van der Waals surface area contributed by atoms with Crippen molar-refractivity contribution < 1.29 is 9.53 Å². The second-order valence-electron chi connectivity index (χ2n) is 5.42. The molecule has 4 nitrogen and oxygen atoms in total. The third-order valence-corrected chi connectivity index (χ3v) is 3.69. The quantitative estimate of drug-likeness (QED) is 0.787. The van der Waals surface area contributed by atoms with Crippen molar-refractivity contribution in [2.75, 3.05) is 5.32 Å². The summed E-state index contributed by atoms with van der Waals surface area (Å²) in [6.07, 6.45) is -0.682. The van der Waals surface area contributed by atoms with E-state index in [9.17, 15) is 4.79 Å². The molecule has 0 fully saturated rings. The zero-order chi connectivity index (χ0) is 16.9. The first-order chi connectivity index (χ1) is 11.7. The summed E-state index contributed by atoms with van der Waals surface area (Å²) in [4.78, 5) is 12.4. The predicted octanol–water partition coefficient (Wildman–Crippen LogP) is 4.12. The van der Waals surface area contributed by atoms with Gasteiger partial charge < -0.3 is 10.1 Å². The van der Waals surface area contributed by atoms with Crippen molar-refractivity contribution in [2.45, 2.75) is 13.0 Å². The van der Waals surface area contributed by atoms with Crippen molar-refractivity contribution in [3.05, 3.63) is 72.3 Å². The molecule has 0 bridgehead atoms. The molecule has 0 aliphatic heterocycles. The highest BCUT2D eigenvalue weighted by Gasteiger charge is 2.16. The molecule has 0 saturated carbocycles. The lowest BCUT2D eigenvalue weighted by Crippen LogP contribution is -2.30. The molecule has 0 aromatic heterocycles. The molecule has 24 heavy (non-hydrogen) atoms. The molecule has 3 aromatic carbocycles. The number of rotatable bonds is 4. The summed E-state index contributed by atoms with van der Waals surface area (Å²) in [5, 5.41) is 13.9. The normalized spacial score (nSPS) is 11.5. The molecule has 3 rings (SSSR count). The van der Waals surface area contributed by atoms with Crippen LogP contribution in [0.15, 0.2) is 66.7 Å². The van der Waals surface area contributed by atoms with Gasteiger partial charge in [-0.15, -0.1) is 0 Å². The number of anilines is 1. The predicted molar refractivity (Wildman–Crippen MR) is 93.8 cm³/mol. The van der Waals surface area contributed by atoms with Crippen molar-refractivity contribution in [2.24, 2.45) is 0 Å². The van der Waals surface area contributed by atoms with Crippen LogP contribution in [0.5, 0.6) is 5.75 Å². The summed E-state index contributed by atoms with van der Waals surface area (Å²) in [6, 6.07) is 22.4. The van der Waals surface area contributed by atoms with E-state index in [0.717, 1.165) is 16.5 Å². The number of hydrogen-bond donors (Lipinski definition) is 1. The van der Waals surface area contributed by atoms with Gasteiger partial charge in [-0.25, -0.2) is 0 Å². The number of benzene rings is 3. The molecule has 4 heteroatoms. The van der Waals surface area contributed by atoms with Crippen molar-refractivity contribution in [1.82, 2.24) is 0 Å². The van der Waals surface area contributed by atoms with Gasteiger partial charge in [0, 0.05) is 11.1 Å². The SMILES string of the molecule is C[C@H](Oc1cccc(C#N)c1)C(=O)Nc1cccc2ccccc12. The van der Waals surface area contributed by atoms with Gasteiger partial charge in [-0.05, 0) is 36.6 Å². The van der Waals surface area contributed by atoms with Gasteiger partial charge in [-0.3, -0.25) is 4.79 Å². The molecule has 0 radical (unpaired) electrons. The monoisotopic (exact) mass is 316 g/mol. The minimum atomic E-state index is -0.682. The zero-order valence-corrected chi connectivity index (χ0v) is 13.2. The first kappa shape index (κ1) is 15.6. The number of nitrogens with zero attached hydrogens (tertiary/aromatic N) is 1. The molecule has 1 atom stereocenters. The summed E-state index contributed by atoms with van der Waals surface area (Å²) >= 11 is 0. The minimum Gasteiger partial charge on any atom is -0.481 e. The smallest absolute Gasteiger partial charge is 0.265 e. The molecular formula is C20H16N2O2. The summed E-state index contributed by atoms with van der Waals surface area (Å²) < 4.78 is 5.64. The number of carbonyl (C=O) groups excluding carboxylic acids is 1. The number of amides is 1. The molecule has 0 aliphatic rings. The molecule has 0 heterocycles. The Bertz CT molecular complexity index is 923. The number of ether oxygens (including phenoxy) is 1. The Kier molecular flexibility index (Phi) is 4.44. The summed E-state index contributed by atoms with van der Waals surface area (Å²) in [6.45, 7) is 1.68. The van der Waals surface area contributed by atoms with Gasteiger partial charge >= 0.3 is 0 Å². The Balaban J connectivity index is 1.75. The molecule has 0 aliphatic carbocycles. The van der Waals surface area contributed by atoms with Gasteiger partial charge in [-0.1, -0.05) is 42.5 Å². The molecule has 0 unspecified atom stereocenters. The zero-order valence-electron chi connectivity index (χ0n) is 13.2. The topological polar surface area (TPSA) is 62.1 Å². The Morgan fingerprint density at radius 3 is 2.67 bits per heavy atom. The van der Waals surface area contributed by atoms with Gasteiger partial charge in [0.05, 0.1) is 11.6 Å². The van der Waals surface area contributed by atoms with E-state index in [1.807, 2.05) is 48.5 Å². The van der Waals surface area contributed by atoms with Gasteiger partial charge in [0.2, 0.25) is 0 Å². The van der Waals surface area contributed by atoms with Gasteiger partial charge in [0.1, 0.15) is 5.75 Å². The van der Waals surface area contributed by atoms with Gasteiger partial charge in [0.15, 0.2) is 6.10 Å². The maximum atomic E-state index is 12.4. The Labute approximate surface area is 140 Å². The van der Waals surface area contributed by atoms with Crippen molar-refractivity contribution in [3.8, 4) is 11.8 Å². The van der Waals surface area contributed by atoms with Crippen LogP contribution in [0.25, 0.3) is 10.8 Å². The third kappa shape index (κ3) is 3.36. The van der Waals surface area contributed by atoms with Crippen LogP contribution < -0.4 is 10.1 Å². The fraction of sp³-hybridized carbons (Fsp3) is 0.100. The number of carbonyl (C=O) groups is 1. The molecule has 3 aromatic rings. The van der Waals surface area contributed by atoms with E-state index in [1.165, 1.54) is 0 Å². The maximum Gasteiger partial charge on any atom is 0.265 e. The van der Waals surface area contributed by atoms with Crippen LogP contribution in [0, 0.1) is 11.3 Å². The lowest BCUT2D eigenvalue weighted by molar-refractivity contribution is -0.122. The third-order valence-electron chi connectivity index (χ3n) is 3.69. The molecule has 1 N–H and O–H groups in total. The highest BCUT2D eigenvalue weighted by atomic mass is 16.5. The van der Waals surface area contributed by atoms with Gasteiger partial charge in [0.25, 0.3) is 5.91 Å². The number of nitriles is 1. The maximum absolute atomic E-state index is 12.4. The number of hydrogen-bond acceptors (Lipinski definition) is 3.